The lowest BCUT2D eigenvalue weighted by molar-refractivity contribution is -0.384. The second-order valence-electron chi connectivity index (χ2n) is 6.29. The molecule has 0 saturated carbocycles. The molecule has 0 saturated heterocycles. The lowest BCUT2D eigenvalue weighted by Crippen LogP contribution is -2.30. The van der Waals surface area contributed by atoms with Crippen molar-refractivity contribution >= 4 is 33.5 Å². The molecule has 3 aromatic rings. The Morgan fingerprint density at radius 3 is 2.60 bits per heavy atom. The fourth-order valence-corrected chi connectivity index (χ4v) is 3.13. The average Bonchev–Trinajstić information content (AvgIpc) is 3.28. The standard InChI is InChI=1S/C20H17BrN4O5/c1-30-19(26)11-16(13-2-5-15(21)6-3-13)23-20(27)14-4-7-17(18(10-14)25(28)29)24-9-8-22-12-24/h2-10,12,16H,11H2,1H3,(H,23,27). The third kappa shape index (κ3) is 4.90. The van der Waals surface area contributed by atoms with E-state index in [2.05, 4.69) is 26.2 Å². The summed E-state index contributed by atoms with van der Waals surface area (Å²) in [7, 11) is 1.26. The number of imidazole rings is 1. The molecule has 1 N–H and O–H groups in total. The Hall–Kier alpha value is -3.53. The van der Waals surface area contributed by atoms with Gasteiger partial charge in [0.15, 0.2) is 0 Å². The van der Waals surface area contributed by atoms with Crippen molar-refractivity contribution in [2.24, 2.45) is 0 Å². The van der Waals surface area contributed by atoms with Gasteiger partial charge >= 0.3 is 5.97 Å². The van der Waals surface area contributed by atoms with E-state index < -0.39 is 22.8 Å². The Labute approximate surface area is 180 Å². The second kappa shape index (κ2) is 9.31. The number of carbonyl (C=O) groups is 2. The number of nitro benzene ring substituents is 1. The number of rotatable bonds is 7. The number of esters is 1. The number of benzene rings is 2. The Morgan fingerprint density at radius 2 is 2.00 bits per heavy atom. The van der Waals surface area contributed by atoms with Gasteiger partial charge in [0.1, 0.15) is 5.69 Å². The van der Waals surface area contributed by atoms with Crippen LogP contribution in [0.25, 0.3) is 5.69 Å². The topological polar surface area (TPSA) is 116 Å². The second-order valence-corrected chi connectivity index (χ2v) is 7.20. The van der Waals surface area contributed by atoms with E-state index in [4.69, 9.17) is 4.74 Å². The summed E-state index contributed by atoms with van der Waals surface area (Å²) in [6, 6.07) is 10.6. The lowest BCUT2D eigenvalue weighted by atomic mass is 10.0. The van der Waals surface area contributed by atoms with Gasteiger partial charge in [0.2, 0.25) is 0 Å². The van der Waals surface area contributed by atoms with Gasteiger partial charge < -0.3 is 14.6 Å². The molecule has 0 radical (unpaired) electrons. The summed E-state index contributed by atoms with van der Waals surface area (Å²) in [5.74, 6) is -1.04. The summed E-state index contributed by atoms with van der Waals surface area (Å²) in [6.07, 6.45) is 4.42. The van der Waals surface area contributed by atoms with Crippen molar-refractivity contribution in [1.29, 1.82) is 0 Å². The maximum absolute atomic E-state index is 12.8. The zero-order valence-electron chi connectivity index (χ0n) is 15.8. The third-order valence-electron chi connectivity index (χ3n) is 4.39. The zero-order chi connectivity index (χ0) is 21.7. The molecule has 0 aliphatic carbocycles. The Bertz CT molecular complexity index is 1070. The lowest BCUT2D eigenvalue weighted by Gasteiger charge is -2.18. The van der Waals surface area contributed by atoms with Crippen LogP contribution in [-0.2, 0) is 9.53 Å². The molecule has 9 nitrogen and oxygen atoms in total. The summed E-state index contributed by atoms with van der Waals surface area (Å²) >= 11 is 3.34. The van der Waals surface area contributed by atoms with Crippen LogP contribution in [0.3, 0.4) is 0 Å². The van der Waals surface area contributed by atoms with Crippen LogP contribution in [0.15, 0.2) is 65.7 Å². The van der Waals surface area contributed by atoms with Gasteiger partial charge in [0.05, 0.1) is 30.8 Å². The first-order valence-corrected chi connectivity index (χ1v) is 9.58. The smallest absolute Gasteiger partial charge is 0.307 e. The maximum Gasteiger partial charge on any atom is 0.307 e. The zero-order valence-corrected chi connectivity index (χ0v) is 17.4. The van der Waals surface area contributed by atoms with Crippen molar-refractivity contribution in [2.45, 2.75) is 12.5 Å². The van der Waals surface area contributed by atoms with E-state index in [-0.39, 0.29) is 23.4 Å². The summed E-state index contributed by atoms with van der Waals surface area (Å²) in [6.45, 7) is 0. The number of hydrogen-bond acceptors (Lipinski definition) is 6. The van der Waals surface area contributed by atoms with Crippen molar-refractivity contribution in [2.75, 3.05) is 7.11 Å². The highest BCUT2D eigenvalue weighted by molar-refractivity contribution is 9.10. The number of amides is 1. The predicted molar refractivity (Wildman–Crippen MR) is 111 cm³/mol. The first-order valence-electron chi connectivity index (χ1n) is 8.79. The molecular weight excluding hydrogens is 456 g/mol. The molecule has 0 bridgehead atoms. The Kier molecular flexibility index (Phi) is 6.58. The molecule has 0 aliphatic heterocycles. The van der Waals surface area contributed by atoms with Gasteiger partial charge in [-0.05, 0) is 29.8 Å². The number of nitrogens with zero attached hydrogens (tertiary/aromatic N) is 3. The minimum absolute atomic E-state index is 0.0842. The number of halogens is 1. The minimum Gasteiger partial charge on any atom is -0.469 e. The minimum atomic E-state index is -0.662. The van der Waals surface area contributed by atoms with Gasteiger partial charge in [-0.15, -0.1) is 0 Å². The van der Waals surface area contributed by atoms with E-state index in [0.29, 0.717) is 5.56 Å². The average molecular weight is 473 g/mol. The predicted octanol–water partition coefficient (Wildman–Crippen LogP) is 3.58. The number of nitrogens with one attached hydrogen (secondary N) is 1. The first kappa shape index (κ1) is 21.2. The molecule has 1 amide bonds. The van der Waals surface area contributed by atoms with Gasteiger partial charge in [-0.25, -0.2) is 4.98 Å². The van der Waals surface area contributed by atoms with Crippen LogP contribution in [0.5, 0.6) is 0 Å². The van der Waals surface area contributed by atoms with Crippen LogP contribution in [0.1, 0.15) is 28.4 Å². The van der Waals surface area contributed by atoms with Crippen molar-refractivity contribution in [3.63, 3.8) is 0 Å². The van der Waals surface area contributed by atoms with Gasteiger partial charge in [-0.2, -0.15) is 0 Å². The molecule has 1 aromatic heterocycles. The van der Waals surface area contributed by atoms with Crippen LogP contribution in [0.4, 0.5) is 5.69 Å². The van der Waals surface area contributed by atoms with E-state index in [9.17, 15) is 19.7 Å². The summed E-state index contributed by atoms with van der Waals surface area (Å²) in [4.78, 5) is 39.5. The molecule has 1 heterocycles. The third-order valence-corrected chi connectivity index (χ3v) is 4.92. The van der Waals surface area contributed by atoms with E-state index >= 15 is 0 Å². The molecule has 1 atom stereocenters. The number of ether oxygens (including phenoxy) is 1. The van der Waals surface area contributed by atoms with E-state index in [1.54, 1.807) is 30.5 Å². The molecule has 154 valence electrons. The molecule has 30 heavy (non-hydrogen) atoms. The molecule has 1 unspecified atom stereocenters. The SMILES string of the molecule is COC(=O)CC(NC(=O)c1ccc(-n2ccnc2)c([N+](=O)[O-])c1)c1ccc(Br)cc1. The highest BCUT2D eigenvalue weighted by atomic mass is 79.9. The van der Waals surface area contributed by atoms with Gasteiger partial charge in [0, 0.05) is 28.5 Å². The molecule has 2 aromatic carbocycles. The van der Waals surface area contributed by atoms with E-state index in [1.807, 2.05) is 0 Å². The number of carbonyl (C=O) groups excluding carboxylic acids is 2. The normalized spacial score (nSPS) is 11.5. The van der Waals surface area contributed by atoms with Gasteiger partial charge in [-0.1, -0.05) is 28.1 Å². The molecule has 0 fully saturated rings. The van der Waals surface area contributed by atoms with Crippen molar-refractivity contribution < 1.29 is 19.2 Å². The van der Waals surface area contributed by atoms with Crippen LogP contribution in [0.2, 0.25) is 0 Å². The van der Waals surface area contributed by atoms with Crippen LogP contribution >= 0.6 is 15.9 Å². The largest absolute Gasteiger partial charge is 0.469 e. The van der Waals surface area contributed by atoms with Crippen LogP contribution < -0.4 is 5.32 Å². The highest BCUT2D eigenvalue weighted by Crippen LogP contribution is 2.25. The quantitative estimate of drug-likeness (QED) is 0.319. The van der Waals surface area contributed by atoms with Gasteiger partial charge in [0.25, 0.3) is 11.6 Å². The monoisotopic (exact) mass is 472 g/mol. The fraction of sp³-hybridized carbons (Fsp3) is 0.150. The van der Waals surface area contributed by atoms with Crippen molar-refractivity contribution in [1.82, 2.24) is 14.9 Å². The fourth-order valence-electron chi connectivity index (χ4n) is 2.87. The number of hydrogen-bond donors (Lipinski definition) is 1. The molecule has 3 rings (SSSR count). The molecule has 0 aliphatic rings. The summed E-state index contributed by atoms with van der Waals surface area (Å²) in [5, 5.41) is 14.3. The Balaban J connectivity index is 1.89. The van der Waals surface area contributed by atoms with Gasteiger partial charge in [-0.3, -0.25) is 19.7 Å². The van der Waals surface area contributed by atoms with Crippen LogP contribution in [0, 0.1) is 10.1 Å². The number of aromatic nitrogens is 2. The van der Waals surface area contributed by atoms with Crippen molar-refractivity contribution in [3.05, 3.63) is 86.9 Å². The maximum atomic E-state index is 12.8. The number of nitro groups is 1. The molecule has 0 spiro atoms. The van der Waals surface area contributed by atoms with E-state index in [0.717, 1.165) is 4.47 Å². The van der Waals surface area contributed by atoms with Crippen molar-refractivity contribution in [3.8, 4) is 5.69 Å². The highest BCUT2D eigenvalue weighted by Gasteiger charge is 2.23. The van der Waals surface area contributed by atoms with E-state index in [1.165, 1.54) is 42.4 Å². The number of methoxy groups -OCH3 is 1. The first-order chi connectivity index (χ1) is 14.4. The van der Waals surface area contributed by atoms with Crippen LogP contribution in [-0.4, -0.2) is 33.5 Å². The molecule has 10 heteroatoms. The summed E-state index contributed by atoms with van der Waals surface area (Å²) < 4.78 is 7.06. The summed E-state index contributed by atoms with van der Waals surface area (Å²) in [5.41, 5.74) is 0.834. The Morgan fingerprint density at radius 1 is 1.27 bits per heavy atom. The molecular formula is C20H17BrN4O5.